The third-order valence-electron chi connectivity index (χ3n) is 2.38. The van der Waals surface area contributed by atoms with E-state index in [-0.39, 0.29) is 0 Å². The largest absolute Gasteiger partial charge is 0.313 e. The number of imidazole rings is 1. The van der Waals surface area contributed by atoms with Crippen molar-refractivity contribution in [2.24, 2.45) is 0 Å². The molecule has 0 fully saturated rings. The molecule has 0 aromatic carbocycles. The highest BCUT2D eigenvalue weighted by molar-refractivity contribution is 6.32. The predicted octanol–water partition coefficient (Wildman–Crippen LogP) is 2.42. The van der Waals surface area contributed by atoms with Crippen LogP contribution in [0.15, 0.2) is 31.0 Å². The number of aromatic nitrogens is 3. The predicted molar refractivity (Wildman–Crippen MR) is 68.4 cm³/mol. The summed E-state index contributed by atoms with van der Waals surface area (Å²) in [7, 11) is 0. The molecular weight excluding hydrogens is 236 g/mol. The Hall–Kier alpha value is -1.39. The highest BCUT2D eigenvalue weighted by Crippen LogP contribution is 2.18. The van der Waals surface area contributed by atoms with Crippen LogP contribution in [-0.4, -0.2) is 21.1 Å². The van der Waals surface area contributed by atoms with Crippen LogP contribution in [0.4, 0.5) is 0 Å². The van der Waals surface area contributed by atoms with Gasteiger partial charge in [-0.05, 0) is 24.6 Å². The van der Waals surface area contributed by atoms with E-state index >= 15 is 0 Å². The van der Waals surface area contributed by atoms with E-state index in [0.717, 1.165) is 25.1 Å². The normalized spacial score (nSPS) is 10.7. The number of pyridine rings is 1. The average Bonchev–Trinajstić information content (AvgIpc) is 2.83. The first-order valence-electron chi connectivity index (χ1n) is 5.64. The fraction of sp³-hybridized carbons (Fsp3) is 0.333. The van der Waals surface area contributed by atoms with E-state index in [2.05, 4.69) is 22.2 Å². The van der Waals surface area contributed by atoms with Gasteiger partial charge in [-0.1, -0.05) is 18.5 Å². The topological polar surface area (TPSA) is 42.7 Å². The third-order valence-corrected chi connectivity index (χ3v) is 2.66. The third kappa shape index (κ3) is 3.05. The Morgan fingerprint density at radius 3 is 3.00 bits per heavy atom. The summed E-state index contributed by atoms with van der Waals surface area (Å²) in [5.74, 6) is 0.711. The first-order valence-corrected chi connectivity index (χ1v) is 6.02. The number of nitrogens with one attached hydrogen (secondary N) is 1. The van der Waals surface area contributed by atoms with Gasteiger partial charge >= 0.3 is 0 Å². The minimum absolute atomic E-state index is 0.638. The SMILES string of the molecule is CCCNCc1cnc(-n2ccnc2)c(Cl)c1. The summed E-state index contributed by atoms with van der Waals surface area (Å²) >= 11 is 6.19. The van der Waals surface area contributed by atoms with Gasteiger partial charge in [-0.3, -0.25) is 4.57 Å². The van der Waals surface area contributed by atoms with Crippen molar-refractivity contribution in [2.45, 2.75) is 19.9 Å². The second kappa shape index (κ2) is 5.80. The van der Waals surface area contributed by atoms with E-state index in [4.69, 9.17) is 11.6 Å². The van der Waals surface area contributed by atoms with Crippen molar-refractivity contribution in [1.82, 2.24) is 19.9 Å². The smallest absolute Gasteiger partial charge is 0.156 e. The van der Waals surface area contributed by atoms with E-state index < -0.39 is 0 Å². The molecule has 0 aliphatic heterocycles. The highest BCUT2D eigenvalue weighted by Gasteiger charge is 2.05. The van der Waals surface area contributed by atoms with Gasteiger partial charge < -0.3 is 5.32 Å². The number of rotatable bonds is 5. The monoisotopic (exact) mass is 250 g/mol. The van der Waals surface area contributed by atoms with E-state index in [1.807, 2.05) is 18.5 Å². The average molecular weight is 251 g/mol. The maximum absolute atomic E-state index is 6.19. The number of hydrogen-bond donors (Lipinski definition) is 1. The molecule has 0 atom stereocenters. The molecule has 90 valence electrons. The Morgan fingerprint density at radius 1 is 1.47 bits per heavy atom. The molecule has 0 radical (unpaired) electrons. The Bertz CT molecular complexity index is 467. The van der Waals surface area contributed by atoms with Gasteiger partial charge in [-0.25, -0.2) is 9.97 Å². The van der Waals surface area contributed by atoms with E-state index in [0.29, 0.717) is 10.8 Å². The fourth-order valence-corrected chi connectivity index (χ4v) is 1.84. The molecule has 2 aromatic rings. The van der Waals surface area contributed by atoms with Crippen molar-refractivity contribution < 1.29 is 0 Å². The van der Waals surface area contributed by atoms with Gasteiger partial charge in [0.1, 0.15) is 6.33 Å². The van der Waals surface area contributed by atoms with Crippen LogP contribution >= 0.6 is 11.6 Å². The zero-order chi connectivity index (χ0) is 12.1. The molecule has 1 N–H and O–H groups in total. The molecular formula is C12H15ClN4. The summed E-state index contributed by atoms with van der Waals surface area (Å²) in [6.07, 6.45) is 8.17. The van der Waals surface area contributed by atoms with Crippen LogP contribution in [0, 0.1) is 0 Å². The van der Waals surface area contributed by atoms with Gasteiger partial charge in [0.2, 0.25) is 0 Å². The van der Waals surface area contributed by atoms with Crippen molar-refractivity contribution in [1.29, 1.82) is 0 Å². The van der Waals surface area contributed by atoms with Crippen molar-refractivity contribution in [2.75, 3.05) is 6.54 Å². The highest BCUT2D eigenvalue weighted by atomic mass is 35.5. The second-order valence-corrected chi connectivity index (χ2v) is 4.20. The Kier molecular flexibility index (Phi) is 4.12. The van der Waals surface area contributed by atoms with Crippen molar-refractivity contribution in [3.05, 3.63) is 41.6 Å². The fourth-order valence-electron chi connectivity index (χ4n) is 1.55. The van der Waals surface area contributed by atoms with Crippen molar-refractivity contribution in [3.8, 4) is 5.82 Å². The molecule has 0 bridgehead atoms. The maximum atomic E-state index is 6.19. The lowest BCUT2D eigenvalue weighted by atomic mass is 10.2. The lowest BCUT2D eigenvalue weighted by Gasteiger charge is -2.07. The van der Waals surface area contributed by atoms with E-state index in [9.17, 15) is 0 Å². The summed E-state index contributed by atoms with van der Waals surface area (Å²) in [4.78, 5) is 8.33. The van der Waals surface area contributed by atoms with Crippen molar-refractivity contribution in [3.63, 3.8) is 0 Å². The summed E-state index contributed by atoms with van der Waals surface area (Å²) in [5, 5.41) is 3.95. The standard InChI is InChI=1S/C12H15ClN4/c1-2-3-14-7-10-6-11(13)12(16-8-10)17-5-4-15-9-17/h4-6,8-9,14H,2-3,7H2,1H3. The molecule has 5 heteroatoms. The molecule has 4 nitrogen and oxygen atoms in total. The summed E-state index contributed by atoms with van der Waals surface area (Å²) in [5.41, 5.74) is 1.09. The van der Waals surface area contributed by atoms with Gasteiger partial charge in [-0.2, -0.15) is 0 Å². The zero-order valence-corrected chi connectivity index (χ0v) is 10.5. The number of hydrogen-bond acceptors (Lipinski definition) is 3. The van der Waals surface area contributed by atoms with E-state index in [1.165, 1.54) is 0 Å². The molecule has 0 unspecified atom stereocenters. The first kappa shape index (κ1) is 12.1. The minimum Gasteiger partial charge on any atom is -0.313 e. The van der Waals surface area contributed by atoms with Crippen LogP contribution in [0.5, 0.6) is 0 Å². The molecule has 0 amide bonds. The molecule has 17 heavy (non-hydrogen) atoms. The minimum atomic E-state index is 0.638. The van der Waals surface area contributed by atoms with Crippen LogP contribution in [-0.2, 0) is 6.54 Å². The molecule has 0 saturated heterocycles. The van der Waals surface area contributed by atoms with Gasteiger partial charge in [0.05, 0.1) is 5.02 Å². The van der Waals surface area contributed by atoms with E-state index in [1.54, 1.807) is 17.1 Å². The first-order chi connectivity index (χ1) is 8.31. The molecule has 2 aromatic heterocycles. The quantitative estimate of drug-likeness (QED) is 0.829. The van der Waals surface area contributed by atoms with Gasteiger partial charge in [0.25, 0.3) is 0 Å². The maximum Gasteiger partial charge on any atom is 0.156 e. The summed E-state index contributed by atoms with van der Waals surface area (Å²) < 4.78 is 1.80. The summed E-state index contributed by atoms with van der Waals surface area (Å²) in [6, 6.07) is 1.94. The summed E-state index contributed by atoms with van der Waals surface area (Å²) in [6.45, 7) is 3.94. The second-order valence-electron chi connectivity index (χ2n) is 3.80. The lowest BCUT2D eigenvalue weighted by molar-refractivity contribution is 0.673. The molecule has 0 spiro atoms. The van der Waals surface area contributed by atoms with Crippen LogP contribution in [0.1, 0.15) is 18.9 Å². The number of halogens is 1. The van der Waals surface area contributed by atoms with Crippen molar-refractivity contribution >= 4 is 11.6 Å². The molecule has 2 heterocycles. The van der Waals surface area contributed by atoms with Gasteiger partial charge in [0.15, 0.2) is 5.82 Å². The van der Waals surface area contributed by atoms with Gasteiger partial charge in [0, 0.05) is 25.1 Å². The zero-order valence-electron chi connectivity index (χ0n) is 9.73. The van der Waals surface area contributed by atoms with Gasteiger partial charge in [-0.15, -0.1) is 0 Å². The van der Waals surface area contributed by atoms with Crippen LogP contribution in [0.2, 0.25) is 5.02 Å². The lowest BCUT2D eigenvalue weighted by Crippen LogP contribution is -2.14. The Balaban J connectivity index is 2.12. The Labute approximate surface area is 106 Å². The molecule has 0 saturated carbocycles. The van der Waals surface area contributed by atoms with Crippen LogP contribution < -0.4 is 5.32 Å². The van der Waals surface area contributed by atoms with Crippen LogP contribution in [0.3, 0.4) is 0 Å². The molecule has 0 aliphatic carbocycles. The van der Waals surface area contributed by atoms with Crippen LogP contribution in [0.25, 0.3) is 5.82 Å². The molecule has 2 rings (SSSR count). The molecule has 0 aliphatic rings. The number of nitrogens with zero attached hydrogens (tertiary/aromatic N) is 3. The Morgan fingerprint density at radius 2 is 2.35 bits per heavy atom.